The van der Waals surface area contributed by atoms with Gasteiger partial charge < -0.3 is 20.5 Å². The van der Waals surface area contributed by atoms with Crippen LogP contribution in [0.5, 0.6) is 0 Å². The highest BCUT2D eigenvalue weighted by atomic mass is 19.4. The fourth-order valence-electron chi connectivity index (χ4n) is 3.71. The van der Waals surface area contributed by atoms with Crippen molar-refractivity contribution in [3.63, 3.8) is 0 Å². The molecule has 0 bridgehead atoms. The van der Waals surface area contributed by atoms with Gasteiger partial charge in [-0.05, 0) is 44.1 Å². The zero-order valence-electron chi connectivity index (χ0n) is 16.6. The number of fused-ring (bicyclic) bond motifs is 1. The number of aromatic nitrogens is 2. The number of amides is 1. The molecule has 2 saturated heterocycles. The molecule has 2 fully saturated rings. The Morgan fingerprint density at radius 3 is 2.56 bits per heavy atom. The number of piperidine rings is 1. The molecule has 174 valence electrons. The highest BCUT2D eigenvalue weighted by molar-refractivity contribution is 6.04. The van der Waals surface area contributed by atoms with E-state index < -0.39 is 29.3 Å². The van der Waals surface area contributed by atoms with Crippen LogP contribution in [-0.4, -0.2) is 65.1 Å². The Morgan fingerprint density at radius 2 is 1.94 bits per heavy atom. The maximum absolute atomic E-state index is 13.4. The average Bonchev–Trinajstić information content (AvgIpc) is 3.27. The largest absolute Gasteiger partial charge is 0.490 e. The molecule has 0 saturated carbocycles. The summed E-state index contributed by atoms with van der Waals surface area (Å²) in [4.78, 5) is 33.5. The molecule has 4 rings (SSSR count). The standard InChI is InChI=1S/C17H19FN4O3.C2HF3O2/c18-10-1-2-13-12(7-10)14(22-21-13)15(23)20-9-11-8-17(16(24)25-11)3-5-19-6-4-17;3-2(4,5)1(6)7/h1-2,7,11,19H,3-6,8-9H2,(H,20,23)(H,21,22);(H,6,7). The fraction of sp³-hybridized carbons (Fsp3) is 0.474. The smallest absolute Gasteiger partial charge is 0.475 e. The van der Waals surface area contributed by atoms with Crippen LogP contribution in [0.2, 0.25) is 0 Å². The van der Waals surface area contributed by atoms with E-state index in [1.165, 1.54) is 18.2 Å². The van der Waals surface area contributed by atoms with Crippen LogP contribution in [0, 0.1) is 11.2 Å². The Morgan fingerprint density at radius 1 is 1.28 bits per heavy atom. The number of aromatic amines is 1. The van der Waals surface area contributed by atoms with Crippen molar-refractivity contribution in [1.82, 2.24) is 20.8 Å². The number of carbonyl (C=O) groups is 3. The first-order chi connectivity index (χ1) is 15.0. The number of hydrogen-bond donors (Lipinski definition) is 4. The van der Waals surface area contributed by atoms with E-state index in [2.05, 4.69) is 20.8 Å². The third kappa shape index (κ3) is 5.15. The van der Waals surface area contributed by atoms with E-state index in [0.717, 1.165) is 25.9 Å². The molecule has 0 aliphatic carbocycles. The number of carboxylic acids is 1. The van der Waals surface area contributed by atoms with E-state index in [1.54, 1.807) is 0 Å². The van der Waals surface area contributed by atoms with Crippen molar-refractivity contribution in [3.05, 3.63) is 29.7 Å². The van der Waals surface area contributed by atoms with E-state index in [9.17, 15) is 27.2 Å². The molecule has 4 N–H and O–H groups in total. The summed E-state index contributed by atoms with van der Waals surface area (Å²) in [7, 11) is 0. The monoisotopic (exact) mass is 460 g/mol. The van der Waals surface area contributed by atoms with Gasteiger partial charge in [0.2, 0.25) is 0 Å². The lowest BCUT2D eigenvalue weighted by molar-refractivity contribution is -0.192. The van der Waals surface area contributed by atoms with Gasteiger partial charge in [0.15, 0.2) is 5.69 Å². The average molecular weight is 460 g/mol. The Balaban J connectivity index is 0.000000360. The van der Waals surface area contributed by atoms with Crippen molar-refractivity contribution >= 4 is 28.7 Å². The van der Waals surface area contributed by atoms with Crippen LogP contribution in [0.25, 0.3) is 10.9 Å². The summed E-state index contributed by atoms with van der Waals surface area (Å²) in [5, 5.41) is 20.2. The van der Waals surface area contributed by atoms with Crippen LogP contribution in [0.15, 0.2) is 18.2 Å². The number of aliphatic carboxylic acids is 1. The van der Waals surface area contributed by atoms with Gasteiger partial charge in [-0.15, -0.1) is 0 Å². The highest BCUT2D eigenvalue weighted by Crippen LogP contribution is 2.41. The summed E-state index contributed by atoms with van der Waals surface area (Å²) in [6.45, 7) is 1.83. The molecule has 1 spiro atoms. The number of esters is 1. The zero-order chi connectivity index (χ0) is 23.5. The van der Waals surface area contributed by atoms with Crippen LogP contribution in [-0.2, 0) is 14.3 Å². The van der Waals surface area contributed by atoms with Crippen LogP contribution >= 0.6 is 0 Å². The van der Waals surface area contributed by atoms with Gasteiger partial charge in [-0.3, -0.25) is 14.7 Å². The normalized spacial score (nSPS) is 19.9. The van der Waals surface area contributed by atoms with Crippen molar-refractivity contribution in [2.45, 2.75) is 31.5 Å². The van der Waals surface area contributed by atoms with Crippen molar-refractivity contribution in [2.24, 2.45) is 5.41 Å². The Kier molecular flexibility index (Phi) is 6.67. The molecule has 9 nitrogen and oxygen atoms in total. The Bertz CT molecular complexity index is 1020. The van der Waals surface area contributed by atoms with Gasteiger partial charge in [0.1, 0.15) is 11.9 Å². The molecule has 2 aliphatic heterocycles. The Hall–Kier alpha value is -3.22. The molecule has 0 radical (unpaired) electrons. The number of benzene rings is 1. The summed E-state index contributed by atoms with van der Waals surface area (Å²) < 4.78 is 50.6. The minimum atomic E-state index is -5.08. The number of ether oxygens (including phenoxy) is 1. The number of halogens is 4. The number of cyclic esters (lactones) is 1. The predicted molar refractivity (Wildman–Crippen MR) is 101 cm³/mol. The van der Waals surface area contributed by atoms with E-state index in [4.69, 9.17) is 14.6 Å². The molecule has 13 heteroatoms. The fourth-order valence-corrected chi connectivity index (χ4v) is 3.71. The summed E-state index contributed by atoms with van der Waals surface area (Å²) >= 11 is 0. The lowest BCUT2D eigenvalue weighted by atomic mass is 9.76. The first kappa shape index (κ1) is 23.4. The van der Waals surface area contributed by atoms with Gasteiger partial charge in [-0.1, -0.05) is 0 Å². The molecular formula is C19H20F4N4O5. The maximum Gasteiger partial charge on any atom is 0.490 e. The van der Waals surface area contributed by atoms with Crippen LogP contribution in [0.3, 0.4) is 0 Å². The summed E-state index contributed by atoms with van der Waals surface area (Å²) in [6, 6.07) is 4.11. The summed E-state index contributed by atoms with van der Waals surface area (Å²) in [5.41, 5.74) is 0.311. The van der Waals surface area contributed by atoms with Crippen LogP contribution in [0.4, 0.5) is 17.6 Å². The third-order valence-corrected chi connectivity index (χ3v) is 5.36. The van der Waals surface area contributed by atoms with Gasteiger partial charge in [0.25, 0.3) is 5.91 Å². The second-order valence-electron chi connectivity index (χ2n) is 7.54. The number of hydrogen-bond acceptors (Lipinski definition) is 6. The van der Waals surface area contributed by atoms with E-state index >= 15 is 0 Å². The molecule has 2 aromatic rings. The van der Waals surface area contributed by atoms with Gasteiger partial charge >= 0.3 is 18.1 Å². The molecule has 2 aliphatic rings. The minimum absolute atomic E-state index is 0.135. The molecule has 1 amide bonds. The van der Waals surface area contributed by atoms with Gasteiger partial charge in [-0.2, -0.15) is 18.3 Å². The molecule has 32 heavy (non-hydrogen) atoms. The topological polar surface area (TPSA) is 133 Å². The number of carbonyl (C=O) groups excluding carboxylic acids is 2. The van der Waals surface area contributed by atoms with Crippen molar-refractivity contribution < 1.29 is 41.8 Å². The second kappa shape index (κ2) is 9.10. The van der Waals surface area contributed by atoms with Gasteiger partial charge in [0.05, 0.1) is 17.5 Å². The lowest BCUT2D eigenvalue weighted by Crippen LogP contribution is -2.39. The van der Waals surface area contributed by atoms with Gasteiger partial charge in [0, 0.05) is 11.8 Å². The number of nitrogens with one attached hydrogen (secondary N) is 3. The molecule has 1 atom stereocenters. The van der Waals surface area contributed by atoms with Crippen molar-refractivity contribution in [2.75, 3.05) is 19.6 Å². The van der Waals surface area contributed by atoms with E-state index in [-0.39, 0.29) is 24.3 Å². The lowest BCUT2D eigenvalue weighted by Gasteiger charge is -2.29. The summed E-state index contributed by atoms with van der Waals surface area (Å²) in [6.07, 6.45) is -3.28. The number of nitrogens with zero attached hydrogens (tertiary/aromatic N) is 1. The summed E-state index contributed by atoms with van der Waals surface area (Å²) in [5.74, 6) is -3.77. The molecule has 3 heterocycles. The van der Waals surface area contributed by atoms with E-state index in [0.29, 0.717) is 17.3 Å². The van der Waals surface area contributed by atoms with Crippen LogP contribution < -0.4 is 10.6 Å². The number of rotatable bonds is 3. The molecular weight excluding hydrogens is 440 g/mol. The second-order valence-corrected chi connectivity index (χ2v) is 7.54. The number of alkyl halides is 3. The highest BCUT2D eigenvalue weighted by Gasteiger charge is 2.49. The van der Waals surface area contributed by atoms with Crippen molar-refractivity contribution in [1.29, 1.82) is 0 Å². The zero-order valence-corrected chi connectivity index (χ0v) is 16.6. The van der Waals surface area contributed by atoms with Gasteiger partial charge in [-0.25, -0.2) is 9.18 Å². The first-order valence-corrected chi connectivity index (χ1v) is 9.65. The molecule has 1 unspecified atom stereocenters. The predicted octanol–water partition coefficient (Wildman–Crippen LogP) is 1.75. The van der Waals surface area contributed by atoms with Crippen LogP contribution in [0.1, 0.15) is 29.8 Å². The number of H-pyrrole nitrogens is 1. The number of carboxylic acid groups (broad SMARTS) is 1. The maximum atomic E-state index is 13.4. The minimum Gasteiger partial charge on any atom is -0.475 e. The molecule has 1 aromatic carbocycles. The Labute approximate surface area is 178 Å². The SMILES string of the molecule is O=C(NCC1CC2(CCNCC2)C(=O)O1)c1n[nH]c2ccc(F)cc12.O=C(O)C(F)(F)F. The quantitative estimate of drug-likeness (QED) is 0.405. The molecule has 1 aromatic heterocycles. The first-order valence-electron chi connectivity index (χ1n) is 9.65. The van der Waals surface area contributed by atoms with E-state index in [1.807, 2.05) is 0 Å². The third-order valence-electron chi connectivity index (χ3n) is 5.36. The van der Waals surface area contributed by atoms with Crippen molar-refractivity contribution in [3.8, 4) is 0 Å².